The molecule has 0 saturated carbocycles. The first-order chi connectivity index (χ1) is 15.1. The normalized spacial score (nSPS) is 11.7. The number of nitrogens with zero attached hydrogens (tertiary/aromatic N) is 4. The number of nitrogens with one attached hydrogen (secondary N) is 1. The Morgan fingerprint density at radius 1 is 1.06 bits per heavy atom. The number of carbonyl (C=O) groups is 1. The molecule has 32 heavy (non-hydrogen) atoms. The fourth-order valence-electron chi connectivity index (χ4n) is 3.13. The lowest BCUT2D eigenvalue weighted by Gasteiger charge is -2.09. The summed E-state index contributed by atoms with van der Waals surface area (Å²) >= 11 is 12.4. The highest BCUT2D eigenvalue weighted by Crippen LogP contribution is 2.30. The van der Waals surface area contributed by atoms with Crippen molar-refractivity contribution >= 4 is 45.8 Å². The number of aryl methyl sites for hydroxylation is 1. The minimum absolute atomic E-state index is 0.134. The molecule has 4 rings (SSSR count). The molecule has 3 heterocycles. The van der Waals surface area contributed by atoms with E-state index in [-0.39, 0.29) is 17.1 Å². The molecule has 0 aliphatic carbocycles. The molecule has 0 atom stereocenters. The topological polar surface area (TPSA) is 72.7 Å². The van der Waals surface area contributed by atoms with Crippen LogP contribution in [-0.2, 0) is 12.7 Å². The van der Waals surface area contributed by atoms with Crippen molar-refractivity contribution in [3.05, 3.63) is 81.4 Å². The quantitative estimate of drug-likeness (QED) is 0.403. The average Bonchev–Trinajstić information content (AvgIpc) is 3.05. The van der Waals surface area contributed by atoms with E-state index in [1.807, 2.05) is 0 Å². The number of anilines is 1. The minimum Gasteiger partial charge on any atom is -0.322 e. The van der Waals surface area contributed by atoms with Gasteiger partial charge in [0.05, 0.1) is 28.2 Å². The number of hydrogen-bond acceptors (Lipinski definition) is 4. The number of alkyl halides is 3. The van der Waals surface area contributed by atoms with Crippen molar-refractivity contribution in [2.75, 3.05) is 5.32 Å². The molecular formula is C21H14Cl2F3N5O. The fraction of sp³-hybridized carbons (Fsp3) is 0.143. The molecule has 0 bridgehead atoms. The van der Waals surface area contributed by atoms with E-state index >= 15 is 0 Å². The van der Waals surface area contributed by atoms with Crippen LogP contribution in [0.5, 0.6) is 0 Å². The highest BCUT2D eigenvalue weighted by molar-refractivity contribution is 6.39. The van der Waals surface area contributed by atoms with Gasteiger partial charge in [-0.3, -0.25) is 9.78 Å². The number of amides is 1. The molecule has 0 aliphatic rings. The third-order valence-corrected chi connectivity index (χ3v) is 5.31. The number of rotatable bonds is 4. The first-order valence-electron chi connectivity index (χ1n) is 9.24. The Morgan fingerprint density at radius 2 is 1.78 bits per heavy atom. The summed E-state index contributed by atoms with van der Waals surface area (Å²) in [6.45, 7) is 1.84. The molecule has 0 aliphatic heterocycles. The van der Waals surface area contributed by atoms with Crippen LogP contribution in [0.25, 0.3) is 11.0 Å². The monoisotopic (exact) mass is 479 g/mol. The number of pyridine rings is 2. The molecule has 6 nitrogen and oxygen atoms in total. The molecule has 164 valence electrons. The van der Waals surface area contributed by atoms with Gasteiger partial charge in [0.25, 0.3) is 5.91 Å². The molecule has 11 heteroatoms. The van der Waals surface area contributed by atoms with E-state index < -0.39 is 17.8 Å². The Morgan fingerprint density at radius 3 is 2.41 bits per heavy atom. The molecule has 1 N–H and O–H groups in total. The van der Waals surface area contributed by atoms with Gasteiger partial charge in [0.15, 0.2) is 5.65 Å². The summed E-state index contributed by atoms with van der Waals surface area (Å²) in [6, 6.07) is 8.83. The predicted molar refractivity (Wildman–Crippen MR) is 115 cm³/mol. The van der Waals surface area contributed by atoms with Crippen molar-refractivity contribution in [3.63, 3.8) is 0 Å². The summed E-state index contributed by atoms with van der Waals surface area (Å²) in [5, 5.41) is 8.31. The van der Waals surface area contributed by atoms with Gasteiger partial charge in [0, 0.05) is 23.1 Å². The lowest BCUT2D eigenvalue weighted by atomic mass is 10.2. The van der Waals surface area contributed by atoms with E-state index in [4.69, 9.17) is 23.2 Å². The zero-order chi connectivity index (χ0) is 23.0. The van der Waals surface area contributed by atoms with Gasteiger partial charge in [-0.25, -0.2) is 9.67 Å². The fourth-order valence-corrected chi connectivity index (χ4v) is 3.62. The van der Waals surface area contributed by atoms with E-state index in [9.17, 15) is 18.0 Å². The van der Waals surface area contributed by atoms with Crippen molar-refractivity contribution in [3.8, 4) is 0 Å². The second kappa shape index (κ2) is 8.40. The van der Waals surface area contributed by atoms with Crippen LogP contribution in [-0.4, -0.2) is 25.7 Å². The summed E-state index contributed by atoms with van der Waals surface area (Å²) < 4.78 is 39.7. The number of fused-ring (bicyclic) bond motifs is 1. The lowest BCUT2D eigenvalue weighted by Crippen LogP contribution is -2.13. The summed E-state index contributed by atoms with van der Waals surface area (Å²) in [4.78, 5) is 20.5. The first kappa shape index (κ1) is 22.0. The molecule has 0 radical (unpaired) electrons. The first-order valence-corrected chi connectivity index (χ1v) is 9.99. The largest absolute Gasteiger partial charge is 0.433 e. The number of carbonyl (C=O) groups excluding carboxylic acids is 1. The van der Waals surface area contributed by atoms with Gasteiger partial charge in [-0.15, -0.1) is 0 Å². The van der Waals surface area contributed by atoms with Crippen molar-refractivity contribution in [1.82, 2.24) is 19.7 Å². The van der Waals surface area contributed by atoms with Crippen LogP contribution in [0.2, 0.25) is 10.0 Å². The van der Waals surface area contributed by atoms with E-state index in [1.54, 1.807) is 31.2 Å². The Kier molecular flexibility index (Phi) is 5.79. The van der Waals surface area contributed by atoms with Crippen LogP contribution in [0.1, 0.15) is 27.3 Å². The average molecular weight is 480 g/mol. The number of benzene rings is 1. The lowest BCUT2D eigenvalue weighted by molar-refractivity contribution is -0.141. The van der Waals surface area contributed by atoms with Gasteiger partial charge < -0.3 is 5.32 Å². The zero-order valence-corrected chi connectivity index (χ0v) is 17.9. The van der Waals surface area contributed by atoms with Crippen LogP contribution < -0.4 is 5.32 Å². The zero-order valence-electron chi connectivity index (χ0n) is 16.4. The Hall–Kier alpha value is -3.17. The summed E-state index contributed by atoms with van der Waals surface area (Å²) in [5.41, 5.74) is 1.16. The summed E-state index contributed by atoms with van der Waals surface area (Å²) in [5.74, 6) is -0.453. The van der Waals surface area contributed by atoms with Crippen LogP contribution in [0.3, 0.4) is 0 Å². The molecule has 3 aromatic heterocycles. The van der Waals surface area contributed by atoms with Gasteiger partial charge >= 0.3 is 6.18 Å². The van der Waals surface area contributed by atoms with Crippen LogP contribution in [0, 0.1) is 6.92 Å². The molecule has 1 aromatic carbocycles. The number of hydrogen-bond donors (Lipinski definition) is 1. The maximum atomic E-state index is 12.7. The Labute approximate surface area is 190 Å². The van der Waals surface area contributed by atoms with Gasteiger partial charge in [-0.05, 0) is 42.8 Å². The van der Waals surface area contributed by atoms with Crippen LogP contribution >= 0.6 is 23.2 Å². The van der Waals surface area contributed by atoms with Crippen molar-refractivity contribution in [1.29, 1.82) is 0 Å². The van der Waals surface area contributed by atoms with Crippen LogP contribution in [0.15, 0.2) is 48.8 Å². The minimum atomic E-state index is -4.51. The van der Waals surface area contributed by atoms with E-state index in [1.165, 1.54) is 16.9 Å². The van der Waals surface area contributed by atoms with E-state index in [0.29, 0.717) is 33.0 Å². The molecule has 4 aromatic rings. The smallest absolute Gasteiger partial charge is 0.322 e. The molecule has 0 unspecified atom stereocenters. The predicted octanol–water partition coefficient (Wildman–Crippen LogP) is 5.76. The number of halogens is 5. The third-order valence-electron chi connectivity index (χ3n) is 4.67. The van der Waals surface area contributed by atoms with Crippen molar-refractivity contribution in [2.24, 2.45) is 0 Å². The maximum Gasteiger partial charge on any atom is 0.433 e. The molecule has 1 amide bonds. The van der Waals surface area contributed by atoms with Gasteiger partial charge in [-0.2, -0.15) is 18.3 Å². The number of aromatic nitrogens is 4. The second-order valence-corrected chi connectivity index (χ2v) is 7.75. The third kappa shape index (κ3) is 4.39. The van der Waals surface area contributed by atoms with Gasteiger partial charge in [0.2, 0.25) is 0 Å². The van der Waals surface area contributed by atoms with E-state index in [2.05, 4.69) is 20.4 Å². The highest BCUT2D eigenvalue weighted by atomic mass is 35.5. The SMILES string of the molecule is Cc1nn(Cc2ccc(C(F)(F)F)nc2)c2ncc(C(=O)Nc3ccc(Cl)cc3)c(Cl)c12. The molecular weight excluding hydrogens is 466 g/mol. The van der Waals surface area contributed by atoms with Crippen molar-refractivity contribution in [2.45, 2.75) is 19.6 Å². The highest BCUT2D eigenvalue weighted by Gasteiger charge is 2.32. The molecule has 0 fully saturated rings. The summed E-state index contributed by atoms with van der Waals surface area (Å²) in [6.07, 6.45) is -2.04. The second-order valence-electron chi connectivity index (χ2n) is 6.94. The van der Waals surface area contributed by atoms with Gasteiger partial charge in [0.1, 0.15) is 5.69 Å². The van der Waals surface area contributed by atoms with E-state index in [0.717, 1.165) is 12.3 Å². The van der Waals surface area contributed by atoms with Gasteiger partial charge in [-0.1, -0.05) is 29.3 Å². The summed E-state index contributed by atoms with van der Waals surface area (Å²) in [7, 11) is 0. The standard InChI is InChI=1S/C21H14Cl2F3N5O/c1-11-17-18(23)15(20(32)29-14-5-3-13(22)4-6-14)9-28-19(17)31(30-11)10-12-2-7-16(27-8-12)21(24,25)26/h2-9H,10H2,1H3,(H,29,32). The maximum absolute atomic E-state index is 12.7. The van der Waals surface area contributed by atoms with Crippen LogP contribution in [0.4, 0.5) is 18.9 Å². The molecule has 0 spiro atoms. The van der Waals surface area contributed by atoms with Crippen molar-refractivity contribution < 1.29 is 18.0 Å². The Bertz CT molecular complexity index is 1300. The Balaban J connectivity index is 1.62. The molecule has 0 saturated heterocycles.